The number of aliphatic hydroxyl groups is 1. The van der Waals surface area contributed by atoms with Crippen LogP contribution < -0.4 is 11.3 Å². The molecule has 4 N–H and O–H groups in total. The molecule has 1 aromatic rings. The van der Waals surface area contributed by atoms with Crippen LogP contribution in [0.5, 0.6) is 0 Å². The minimum Gasteiger partial charge on any atom is -0.396 e. The van der Waals surface area contributed by atoms with Crippen LogP contribution in [-0.2, 0) is 6.42 Å². The Balaban J connectivity index is 3.07. The third-order valence-corrected chi connectivity index (χ3v) is 1.81. The minimum atomic E-state index is -0.518. The summed E-state index contributed by atoms with van der Waals surface area (Å²) < 4.78 is 0. The second kappa shape index (κ2) is 4.54. The molecule has 0 unspecified atom stereocenters. The molecule has 0 spiro atoms. The van der Waals surface area contributed by atoms with E-state index in [9.17, 15) is 10.1 Å². The van der Waals surface area contributed by atoms with Crippen LogP contribution in [0.2, 0.25) is 0 Å². The molecule has 1 aromatic carbocycles. The summed E-state index contributed by atoms with van der Waals surface area (Å²) in [5, 5.41) is 19.3. The van der Waals surface area contributed by atoms with Gasteiger partial charge in [-0.25, -0.2) is 0 Å². The summed E-state index contributed by atoms with van der Waals surface area (Å²) in [5.41, 5.74) is 3.12. The van der Waals surface area contributed by atoms with Crippen LogP contribution in [0.1, 0.15) is 5.56 Å². The fourth-order valence-electron chi connectivity index (χ4n) is 1.13. The fraction of sp³-hybridized carbons (Fsp3) is 0.250. The highest BCUT2D eigenvalue weighted by Gasteiger charge is 2.12. The van der Waals surface area contributed by atoms with Gasteiger partial charge in [0, 0.05) is 12.7 Å². The zero-order valence-electron chi connectivity index (χ0n) is 7.43. The first kappa shape index (κ1) is 10.4. The number of hydrogen-bond acceptors (Lipinski definition) is 5. The zero-order valence-corrected chi connectivity index (χ0v) is 7.43. The van der Waals surface area contributed by atoms with E-state index in [1.807, 2.05) is 0 Å². The predicted octanol–water partition coefficient (Wildman–Crippen LogP) is 0.415. The average molecular weight is 197 g/mol. The monoisotopic (exact) mass is 197 g/mol. The molecule has 76 valence electrons. The van der Waals surface area contributed by atoms with Crippen LogP contribution in [0.15, 0.2) is 18.2 Å². The van der Waals surface area contributed by atoms with E-state index in [0.29, 0.717) is 12.0 Å². The van der Waals surface area contributed by atoms with Gasteiger partial charge in [0.1, 0.15) is 5.69 Å². The van der Waals surface area contributed by atoms with E-state index in [1.54, 1.807) is 6.07 Å². The summed E-state index contributed by atoms with van der Waals surface area (Å²) >= 11 is 0. The second-order valence-electron chi connectivity index (χ2n) is 2.73. The number of nitro groups is 1. The molecule has 0 fully saturated rings. The standard InChI is InChI=1S/C8H11N3O3/c9-10-7-2-1-6(3-4-12)5-8(7)11(13)14/h1-2,5,10,12H,3-4,9H2. The van der Waals surface area contributed by atoms with Crippen LogP contribution in [0, 0.1) is 10.1 Å². The molecule has 0 saturated carbocycles. The van der Waals surface area contributed by atoms with E-state index >= 15 is 0 Å². The predicted molar refractivity (Wildman–Crippen MR) is 51.7 cm³/mol. The van der Waals surface area contributed by atoms with Crippen LogP contribution in [0.25, 0.3) is 0 Å². The van der Waals surface area contributed by atoms with Crippen molar-refractivity contribution in [3.8, 4) is 0 Å². The number of aliphatic hydroxyl groups excluding tert-OH is 1. The number of hydrogen-bond donors (Lipinski definition) is 3. The molecule has 0 atom stereocenters. The van der Waals surface area contributed by atoms with Gasteiger partial charge in [-0.3, -0.25) is 16.0 Å². The smallest absolute Gasteiger partial charge is 0.293 e. The number of benzene rings is 1. The van der Waals surface area contributed by atoms with Gasteiger partial charge in [-0.05, 0) is 18.1 Å². The largest absolute Gasteiger partial charge is 0.396 e. The van der Waals surface area contributed by atoms with Gasteiger partial charge >= 0.3 is 0 Å². The Kier molecular flexibility index (Phi) is 3.38. The maximum absolute atomic E-state index is 10.6. The summed E-state index contributed by atoms with van der Waals surface area (Å²) in [4.78, 5) is 10.1. The average Bonchev–Trinajstić information content (AvgIpc) is 2.18. The van der Waals surface area contributed by atoms with Crippen molar-refractivity contribution in [1.29, 1.82) is 0 Å². The quantitative estimate of drug-likeness (QED) is 0.368. The maximum atomic E-state index is 10.6. The Morgan fingerprint density at radius 3 is 2.79 bits per heavy atom. The lowest BCUT2D eigenvalue weighted by atomic mass is 10.1. The van der Waals surface area contributed by atoms with Crippen LogP contribution in [0.3, 0.4) is 0 Å². The Morgan fingerprint density at radius 2 is 2.29 bits per heavy atom. The number of anilines is 1. The van der Waals surface area contributed by atoms with Crippen LogP contribution in [-0.4, -0.2) is 16.6 Å². The number of hydrazine groups is 1. The highest BCUT2D eigenvalue weighted by atomic mass is 16.6. The summed E-state index contributed by atoms with van der Waals surface area (Å²) in [6.07, 6.45) is 0.395. The molecule has 14 heavy (non-hydrogen) atoms. The van der Waals surface area contributed by atoms with E-state index in [-0.39, 0.29) is 18.0 Å². The maximum Gasteiger partial charge on any atom is 0.293 e. The lowest BCUT2D eigenvalue weighted by molar-refractivity contribution is -0.384. The number of nitrogens with zero attached hydrogens (tertiary/aromatic N) is 1. The first-order valence-corrected chi connectivity index (χ1v) is 4.04. The topological polar surface area (TPSA) is 101 Å². The number of nitrogens with two attached hydrogens (primary N) is 1. The van der Waals surface area contributed by atoms with Gasteiger partial charge in [-0.15, -0.1) is 0 Å². The first-order valence-electron chi connectivity index (χ1n) is 4.04. The van der Waals surface area contributed by atoms with Crippen molar-refractivity contribution in [2.45, 2.75) is 6.42 Å². The van der Waals surface area contributed by atoms with E-state index in [2.05, 4.69) is 5.43 Å². The molecule has 0 aliphatic carbocycles. The zero-order chi connectivity index (χ0) is 10.6. The van der Waals surface area contributed by atoms with Crippen molar-refractivity contribution in [1.82, 2.24) is 0 Å². The van der Waals surface area contributed by atoms with Crippen molar-refractivity contribution in [2.75, 3.05) is 12.0 Å². The van der Waals surface area contributed by atoms with Gasteiger partial charge in [-0.1, -0.05) is 6.07 Å². The Hall–Kier alpha value is -1.66. The van der Waals surface area contributed by atoms with E-state index in [1.165, 1.54) is 12.1 Å². The molecule has 0 radical (unpaired) electrons. The molecular formula is C8H11N3O3. The second-order valence-corrected chi connectivity index (χ2v) is 2.73. The molecule has 0 saturated heterocycles. The number of nitrogen functional groups attached to an aromatic ring is 1. The normalized spacial score (nSPS) is 9.86. The van der Waals surface area contributed by atoms with Gasteiger partial charge in [0.05, 0.1) is 4.92 Å². The highest BCUT2D eigenvalue weighted by molar-refractivity contribution is 5.61. The molecule has 1 rings (SSSR count). The third kappa shape index (κ3) is 2.18. The number of nitro benzene ring substituents is 1. The molecule has 0 amide bonds. The Morgan fingerprint density at radius 1 is 1.57 bits per heavy atom. The van der Waals surface area contributed by atoms with Crippen LogP contribution >= 0.6 is 0 Å². The Bertz CT molecular complexity index is 341. The molecule has 0 aliphatic rings. The summed E-state index contributed by atoms with van der Waals surface area (Å²) in [6, 6.07) is 4.59. The molecule has 6 nitrogen and oxygen atoms in total. The van der Waals surface area contributed by atoms with Crippen molar-refractivity contribution in [2.24, 2.45) is 5.84 Å². The number of nitrogens with one attached hydrogen (secondary N) is 1. The van der Waals surface area contributed by atoms with Crippen LogP contribution in [0.4, 0.5) is 11.4 Å². The molecule has 0 heterocycles. The van der Waals surface area contributed by atoms with Gasteiger partial charge in [-0.2, -0.15) is 0 Å². The molecule has 0 aliphatic heterocycles. The van der Waals surface area contributed by atoms with E-state index in [0.717, 1.165) is 0 Å². The van der Waals surface area contributed by atoms with E-state index < -0.39 is 4.92 Å². The molecule has 0 bridgehead atoms. The summed E-state index contributed by atoms with van der Waals surface area (Å²) in [5.74, 6) is 5.11. The fourth-order valence-corrected chi connectivity index (χ4v) is 1.13. The van der Waals surface area contributed by atoms with Crippen molar-refractivity contribution >= 4 is 11.4 Å². The lowest BCUT2D eigenvalue weighted by Crippen LogP contribution is -2.09. The van der Waals surface area contributed by atoms with Gasteiger partial charge in [0.25, 0.3) is 5.69 Å². The lowest BCUT2D eigenvalue weighted by Gasteiger charge is -2.03. The molecular weight excluding hydrogens is 186 g/mol. The number of rotatable bonds is 4. The highest BCUT2D eigenvalue weighted by Crippen LogP contribution is 2.24. The Labute approximate surface area is 80.5 Å². The third-order valence-electron chi connectivity index (χ3n) is 1.81. The van der Waals surface area contributed by atoms with Gasteiger partial charge in [0.15, 0.2) is 0 Å². The minimum absolute atomic E-state index is 0.0352. The van der Waals surface area contributed by atoms with Crippen molar-refractivity contribution in [3.05, 3.63) is 33.9 Å². The van der Waals surface area contributed by atoms with E-state index in [4.69, 9.17) is 10.9 Å². The van der Waals surface area contributed by atoms with Crippen molar-refractivity contribution in [3.63, 3.8) is 0 Å². The first-order chi connectivity index (χ1) is 6.69. The SMILES string of the molecule is NNc1ccc(CCO)cc1[N+](=O)[O-]. The molecule has 6 heteroatoms. The summed E-state index contributed by atoms with van der Waals surface area (Å²) in [7, 11) is 0. The molecule has 0 aromatic heterocycles. The van der Waals surface area contributed by atoms with Crippen molar-refractivity contribution < 1.29 is 10.0 Å². The summed E-state index contributed by atoms with van der Waals surface area (Å²) in [6.45, 7) is -0.0352. The van der Waals surface area contributed by atoms with Gasteiger partial charge in [0.2, 0.25) is 0 Å². The van der Waals surface area contributed by atoms with Gasteiger partial charge < -0.3 is 10.5 Å².